The zero-order chi connectivity index (χ0) is 20.2. The fourth-order valence-electron chi connectivity index (χ4n) is 4.34. The average Bonchev–Trinajstić information content (AvgIpc) is 3.03. The van der Waals surface area contributed by atoms with Gasteiger partial charge in [-0.15, -0.1) is 0 Å². The van der Waals surface area contributed by atoms with Gasteiger partial charge in [-0.05, 0) is 74.2 Å². The van der Waals surface area contributed by atoms with Crippen molar-refractivity contribution in [2.24, 2.45) is 0 Å². The lowest BCUT2D eigenvalue weighted by Gasteiger charge is -2.34. The second-order valence-electron chi connectivity index (χ2n) is 8.08. The first-order valence-corrected chi connectivity index (χ1v) is 10.9. The Bertz CT molecular complexity index is 943. The number of H-pyrrole nitrogens is 1. The summed E-state index contributed by atoms with van der Waals surface area (Å²) >= 11 is 5.96. The van der Waals surface area contributed by atoms with Crippen LogP contribution in [0.15, 0.2) is 42.5 Å². The van der Waals surface area contributed by atoms with Gasteiger partial charge in [0.2, 0.25) is 0 Å². The van der Waals surface area contributed by atoms with Crippen LogP contribution in [0.5, 0.6) is 0 Å². The van der Waals surface area contributed by atoms with Crippen LogP contribution >= 0.6 is 11.6 Å². The molecule has 4 rings (SSSR count). The number of hydrogen-bond acceptors (Lipinski definition) is 2. The highest BCUT2D eigenvalue weighted by molar-refractivity contribution is 6.30. The molecule has 0 atom stereocenters. The normalized spacial score (nSPS) is 16.0. The van der Waals surface area contributed by atoms with E-state index in [4.69, 9.17) is 11.6 Å². The molecule has 3 aromatic rings. The average molecular weight is 414 g/mol. The largest absolute Gasteiger partial charge is 0.358 e. The molecule has 2 aromatic carbocycles. The van der Waals surface area contributed by atoms with E-state index in [9.17, 15) is 4.39 Å². The van der Waals surface area contributed by atoms with Crippen LogP contribution in [-0.2, 0) is 12.8 Å². The number of aryl methyl sites for hydroxylation is 2. The van der Waals surface area contributed by atoms with Gasteiger partial charge in [0.05, 0.1) is 0 Å². The van der Waals surface area contributed by atoms with E-state index >= 15 is 0 Å². The number of aromatic amines is 1. The van der Waals surface area contributed by atoms with Gasteiger partial charge in [-0.1, -0.05) is 23.7 Å². The van der Waals surface area contributed by atoms with Crippen LogP contribution in [0.2, 0.25) is 5.02 Å². The molecule has 0 saturated carbocycles. The predicted molar refractivity (Wildman–Crippen MR) is 119 cm³/mol. The van der Waals surface area contributed by atoms with Crippen molar-refractivity contribution in [1.29, 1.82) is 0 Å². The van der Waals surface area contributed by atoms with E-state index in [0.29, 0.717) is 0 Å². The molecule has 0 aliphatic carbocycles. The lowest BCUT2D eigenvalue weighted by Crippen LogP contribution is -2.47. The van der Waals surface area contributed by atoms with Crippen LogP contribution in [0.25, 0.3) is 10.9 Å². The molecule has 0 bridgehead atoms. The number of piperazine rings is 1. The molecule has 1 aromatic heterocycles. The fourth-order valence-corrected chi connectivity index (χ4v) is 4.46. The van der Waals surface area contributed by atoms with Gasteiger partial charge in [0.25, 0.3) is 0 Å². The number of fused-ring (bicyclic) bond motifs is 1. The van der Waals surface area contributed by atoms with Crippen molar-refractivity contribution in [2.45, 2.75) is 26.2 Å². The van der Waals surface area contributed by atoms with E-state index in [-0.39, 0.29) is 5.82 Å². The van der Waals surface area contributed by atoms with Gasteiger partial charge in [0.1, 0.15) is 5.82 Å². The van der Waals surface area contributed by atoms with E-state index in [1.807, 2.05) is 18.2 Å². The molecule has 0 spiro atoms. The Morgan fingerprint density at radius 3 is 2.34 bits per heavy atom. The van der Waals surface area contributed by atoms with Crippen LogP contribution in [0, 0.1) is 12.7 Å². The van der Waals surface area contributed by atoms with Crippen molar-refractivity contribution in [3.05, 3.63) is 70.1 Å². The number of benzene rings is 2. The highest BCUT2D eigenvalue weighted by Crippen LogP contribution is 2.24. The molecule has 1 fully saturated rings. The maximum Gasteiger partial charge on any atom is 0.125 e. The van der Waals surface area contributed by atoms with Gasteiger partial charge >= 0.3 is 0 Å². The Morgan fingerprint density at radius 1 is 0.931 bits per heavy atom. The molecule has 0 radical (unpaired) electrons. The lowest BCUT2D eigenvalue weighted by atomic mass is 10.1. The predicted octanol–water partition coefficient (Wildman–Crippen LogP) is 5.06. The smallest absolute Gasteiger partial charge is 0.125 e. The first-order chi connectivity index (χ1) is 14.1. The van der Waals surface area contributed by atoms with E-state index in [1.165, 1.54) is 11.1 Å². The van der Waals surface area contributed by atoms with E-state index in [2.05, 4.69) is 33.8 Å². The summed E-state index contributed by atoms with van der Waals surface area (Å²) in [5.41, 5.74) is 4.76. The molecule has 3 nitrogen and oxygen atoms in total. The zero-order valence-electron chi connectivity index (χ0n) is 17.1. The summed E-state index contributed by atoms with van der Waals surface area (Å²) in [5.74, 6) is -0.181. The van der Waals surface area contributed by atoms with Crippen molar-refractivity contribution in [3.63, 3.8) is 0 Å². The SMILES string of the molecule is Cc1[nH]c2cc(F)ccc2c1CCCN1CCN(CCc2ccc(Cl)cc2)CC1. The number of nitrogens with one attached hydrogen (secondary N) is 1. The zero-order valence-corrected chi connectivity index (χ0v) is 17.8. The van der Waals surface area contributed by atoms with Gasteiger partial charge in [-0.3, -0.25) is 0 Å². The molecular formula is C24H29ClFN3. The molecule has 2 heterocycles. The van der Waals surface area contributed by atoms with Crippen LogP contribution in [0.4, 0.5) is 4.39 Å². The monoisotopic (exact) mass is 413 g/mol. The summed E-state index contributed by atoms with van der Waals surface area (Å²) in [4.78, 5) is 8.46. The number of halogens is 2. The Balaban J connectivity index is 1.20. The summed E-state index contributed by atoms with van der Waals surface area (Å²) in [5, 5.41) is 1.97. The van der Waals surface area contributed by atoms with Gasteiger partial charge in [0.15, 0.2) is 0 Å². The van der Waals surface area contributed by atoms with Crippen molar-refractivity contribution in [3.8, 4) is 0 Å². The van der Waals surface area contributed by atoms with E-state index in [0.717, 1.165) is 80.2 Å². The number of nitrogens with zero attached hydrogens (tertiary/aromatic N) is 2. The third kappa shape index (κ3) is 5.19. The van der Waals surface area contributed by atoms with Gasteiger partial charge in [-0.25, -0.2) is 4.39 Å². The molecular weight excluding hydrogens is 385 g/mol. The number of hydrogen-bond donors (Lipinski definition) is 1. The summed E-state index contributed by atoms with van der Waals surface area (Å²) in [6.07, 6.45) is 3.25. The van der Waals surface area contributed by atoms with Crippen molar-refractivity contribution in [1.82, 2.24) is 14.8 Å². The third-order valence-corrected chi connectivity index (χ3v) is 6.33. The molecule has 29 heavy (non-hydrogen) atoms. The molecule has 5 heteroatoms. The second kappa shape index (κ2) is 9.29. The quantitative estimate of drug-likeness (QED) is 0.584. The maximum atomic E-state index is 13.4. The Morgan fingerprint density at radius 2 is 1.62 bits per heavy atom. The minimum atomic E-state index is -0.181. The van der Waals surface area contributed by atoms with Crippen LogP contribution in [0.3, 0.4) is 0 Å². The first kappa shape index (κ1) is 20.4. The summed E-state index contributed by atoms with van der Waals surface area (Å²) in [6, 6.07) is 13.3. The van der Waals surface area contributed by atoms with Crippen LogP contribution in [0.1, 0.15) is 23.2 Å². The second-order valence-corrected chi connectivity index (χ2v) is 8.52. The van der Waals surface area contributed by atoms with Gasteiger partial charge in [-0.2, -0.15) is 0 Å². The highest BCUT2D eigenvalue weighted by atomic mass is 35.5. The summed E-state index contributed by atoms with van der Waals surface area (Å²) in [6.45, 7) is 8.88. The minimum Gasteiger partial charge on any atom is -0.358 e. The van der Waals surface area contributed by atoms with E-state index in [1.54, 1.807) is 12.1 Å². The van der Waals surface area contributed by atoms with E-state index < -0.39 is 0 Å². The molecule has 154 valence electrons. The molecule has 1 N–H and O–H groups in total. The van der Waals surface area contributed by atoms with Crippen molar-refractivity contribution >= 4 is 22.5 Å². The Hall–Kier alpha value is -1.88. The maximum absolute atomic E-state index is 13.4. The lowest BCUT2D eigenvalue weighted by molar-refractivity contribution is 0.132. The molecule has 1 saturated heterocycles. The molecule has 0 amide bonds. The molecule has 0 unspecified atom stereocenters. The number of rotatable bonds is 7. The molecule has 1 aliphatic rings. The highest BCUT2D eigenvalue weighted by Gasteiger charge is 2.17. The van der Waals surface area contributed by atoms with Gasteiger partial charge in [0, 0.05) is 54.3 Å². The van der Waals surface area contributed by atoms with Crippen LogP contribution in [-0.4, -0.2) is 54.1 Å². The van der Waals surface area contributed by atoms with Crippen molar-refractivity contribution in [2.75, 3.05) is 39.3 Å². The standard InChI is InChI=1S/C24H29ClFN3/c1-18-22(23-9-8-21(26)17-24(23)27-18)3-2-11-28-13-15-29(16-14-28)12-10-19-4-6-20(25)7-5-19/h4-9,17,27H,2-3,10-16H2,1H3. The summed E-state index contributed by atoms with van der Waals surface area (Å²) < 4.78 is 13.4. The van der Waals surface area contributed by atoms with Crippen LogP contribution < -0.4 is 0 Å². The van der Waals surface area contributed by atoms with Gasteiger partial charge < -0.3 is 14.8 Å². The Kier molecular flexibility index (Phi) is 6.53. The molecule has 1 aliphatic heterocycles. The third-order valence-electron chi connectivity index (χ3n) is 6.08. The van der Waals surface area contributed by atoms with Crippen molar-refractivity contribution < 1.29 is 4.39 Å². The number of aromatic nitrogens is 1. The fraction of sp³-hybridized carbons (Fsp3) is 0.417. The topological polar surface area (TPSA) is 22.3 Å². The minimum absolute atomic E-state index is 0.181. The summed E-state index contributed by atoms with van der Waals surface area (Å²) in [7, 11) is 0. The first-order valence-electron chi connectivity index (χ1n) is 10.5. The Labute approximate surface area is 177 Å².